The molecule has 2 heteroatoms. The Kier molecular flexibility index (Phi) is 6.44. The maximum Gasteiger partial charge on any atom is 0.0725 e. The van der Waals surface area contributed by atoms with Gasteiger partial charge >= 0.3 is 0 Å². The van der Waals surface area contributed by atoms with Crippen molar-refractivity contribution in [2.24, 2.45) is 0 Å². The quantitative estimate of drug-likeness (QED) is 0.169. The minimum absolute atomic E-state index is 0.00926. The zero-order chi connectivity index (χ0) is 43.6. The van der Waals surface area contributed by atoms with Crippen LogP contribution >= 0.6 is 0 Å². The summed E-state index contributed by atoms with van der Waals surface area (Å²) in [7, 11) is 0. The van der Waals surface area contributed by atoms with Gasteiger partial charge in [0, 0.05) is 33.1 Å². The largest absolute Gasteiger partial charge is 0.309 e. The van der Waals surface area contributed by atoms with Crippen LogP contribution < -0.4 is 4.90 Å². The molecule has 0 saturated carbocycles. The van der Waals surface area contributed by atoms with Crippen LogP contribution in [-0.2, 0) is 5.41 Å². The molecular formula is C59H38N2. The van der Waals surface area contributed by atoms with Gasteiger partial charge in [-0.2, -0.15) is 0 Å². The first-order chi connectivity index (χ1) is 32.0. The van der Waals surface area contributed by atoms with E-state index in [4.69, 9.17) is 2.74 Å². The van der Waals surface area contributed by atoms with Gasteiger partial charge in [-0.15, -0.1) is 0 Å². The van der Waals surface area contributed by atoms with Crippen molar-refractivity contribution in [3.63, 3.8) is 0 Å². The summed E-state index contributed by atoms with van der Waals surface area (Å²) in [6.07, 6.45) is 0. The molecule has 0 radical (unpaired) electrons. The fraction of sp³-hybridized carbons (Fsp3) is 0.0169. The van der Waals surface area contributed by atoms with Gasteiger partial charge in [0.2, 0.25) is 0 Å². The third-order valence-electron chi connectivity index (χ3n) is 13.1. The third kappa shape index (κ3) is 4.67. The van der Waals surface area contributed by atoms with Gasteiger partial charge in [0.05, 0.1) is 33.3 Å². The van der Waals surface area contributed by atoms with E-state index in [0.29, 0.717) is 11.1 Å². The highest BCUT2D eigenvalue weighted by Gasteiger charge is 2.50. The van der Waals surface area contributed by atoms with Crippen LogP contribution in [0.15, 0.2) is 230 Å². The van der Waals surface area contributed by atoms with Crippen LogP contribution in [0.25, 0.3) is 71.6 Å². The van der Waals surface area contributed by atoms with Crippen molar-refractivity contribution in [3.8, 4) is 39.1 Å². The zero-order valence-corrected chi connectivity index (χ0v) is 33.0. The van der Waals surface area contributed by atoms with E-state index < -0.39 is 5.41 Å². The van der Waals surface area contributed by atoms with Crippen LogP contribution in [-0.4, -0.2) is 4.57 Å². The molecule has 1 unspecified atom stereocenters. The lowest BCUT2D eigenvalue weighted by Crippen LogP contribution is -2.32. The van der Waals surface area contributed by atoms with Gasteiger partial charge in [0.15, 0.2) is 0 Å². The Morgan fingerprint density at radius 3 is 1.84 bits per heavy atom. The second-order valence-electron chi connectivity index (χ2n) is 16.1. The molecule has 0 saturated heterocycles. The molecule has 2 nitrogen and oxygen atoms in total. The molecule has 13 rings (SSSR count). The van der Waals surface area contributed by atoms with Gasteiger partial charge in [-0.1, -0.05) is 182 Å². The lowest BCUT2D eigenvalue weighted by atomic mass is 9.61. The fourth-order valence-corrected chi connectivity index (χ4v) is 10.7. The fourth-order valence-electron chi connectivity index (χ4n) is 10.7. The molecule has 0 aliphatic heterocycles. The summed E-state index contributed by atoms with van der Waals surface area (Å²) in [5, 5.41) is 4.41. The van der Waals surface area contributed by atoms with E-state index in [0.717, 1.165) is 94.4 Å². The molecule has 2 aliphatic rings. The second-order valence-corrected chi connectivity index (χ2v) is 16.1. The molecule has 10 aromatic carbocycles. The Balaban J connectivity index is 1.15. The van der Waals surface area contributed by atoms with Crippen LogP contribution in [0.1, 0.15) is 27.7 Å². The number of hydrogen-bond acceptors (Lipinski definition) is 1. The number of anilines is 3. The summed E-state index contributed by atoms with van der Waals surface area (Å²) in [5.74, 6) is 0. The highest BCUT2D eigenvalue weighted by Crippen LogP contribution is 2.62. The average Bonchev–Trinajstić information content (AvgIpc) is 3.86. The van der Waals surface area contributed by atoms with Gasteiger partial charge in [-0.25, -0.2) is 0 Å². The maximum absolute atomic E-state index is 9.69. The molecule has 11 aromatic rings. The number of rotatable bonds is 5. The van der Waals surface area contributed by atoms with Gasteiger partial charge in [0.25, 0.3) is 0 Å². The number of hydrogen-bond donors (Lipinski definition) is 0. The SMILES string of the molecule is [2H]c1c([2H])c([2H])c2c(c1[2H])-c1ccccc1C21c2ccccc2-c2cccc3c(N(c4ccc5c(c4)c4ccccc4n5-c4ccccc4)c4ccccc4-c4ccccc4)ccc1c23. The Hall–Kier alpha value is -7.94. The Bertz CT molecular complexity index is 3780. The normalized spacial score (nSPS) is 15.5. The lowest BCUT2D eigenvalue weighted by molar-refractivity contribution is 0.773. The molecule has 1 spiro atoms. The number of benzene rings is 10. The van der Waals surface area contributed by atoms with Crippen molar-refractivity contribution >= 4 is 49.6 Å². The van der Waals surface area contributed by atoms with Crippen LogP contribution in [0.5, 0.6) is 0 Å². The first-order valence-corrected chi connectivity index (χ1v) is 20.9. The molecule has 0 amide bonds. The first kappa shape index (κ1) is 30.2. The lowest BCUT2D eigenvalue weighted by Gasteiger charge is -2.41. The Morgan fingerprint density at radius 2 is 1.02 bits per heavy atom. The van der Waals surface area contributed by atoms with E-state index in [-0.39, 0.29) is 24.2 Å². The van der Waals surface area contributed by atoms with Crippen molar-refractivity contribution in [1.29, 1.82) is 0 Å². The van der Waals surface area contributed by atoms with E-state index in [1.165, 1.54) is 5.39 Å². The molecule has 2 aliphatic carbocycles. The minimum Gasteiger partial charge on any atom is -0.309 e. The smallest absolute Gasteiger partial charge is 0.0725 e. The summed E-state index contributed by atoms with van der Waals surface area (Å²) in [5.41, 5.74) is 14.7. The number of para-hydroxylation sites is 3. The molecule has 0 fully saturated rings. The Labute approximate surface area is 360 Å². The van der Waals surface area contributed by atoms with Gasteiger partial charge in [-0.3, -0.25) is 0 Å². The molecule has 1 aromatic heterocycles. The Morgan fingerprint density at radius 1 is 0.393 bits per heavy atom. The van der Waals surface area contributed by atoms with Crippen LogP contribution in [0.3, 0.4) is 0 Å². The highest BCUT2D eigenvalue weighted by atomic mass is 15.1. The summed E-state index contributed by atoms with van der Waals surface area (Å²) in [6.45, 7) is 0. The van der Waals surface area contributed by atoms with E-state index in [2.05, 4.69) is 198 Å². The summed E-state index contributed by atoms with van der Waals surface area (Å²) < 4.78 is 39.3. The molecule has 61 heavy (non-hydrogen) atoms. The van der Waals surface area contributed by atoms with E-state index >= 15 is 0 Å². The molecule has 284 valence electrons. The van der Waals surface area contributed by atoms with E-state index in [1.54, 1.807) is 0 Å². The van der Waals surface area contributed by atoms with Crippen molar-refractivity contribution in [3.05, 3.63) is 253 Å². The predicted octanol–water partition coefficient (Wildman–Crippen LogP) is 15.4. The molecule has 1 atom stereocenters. The number of nitrogens with zero attached hydrogens (tertiary/aromatic N) is 2. The number of aromatic nitrogens is 1. The van der Waals surface area contributed by atoms with E-state index in [1.807, 2.05) is 18.2 Å². The van der Waals surface area contributed by atoms with Crippen molar-refractivity contribution in [2.45, 2.75) is 5.41 Å². The molecule has 0 bridgehead atoms. The topological polar surface area (TPSA) is 8.17 Å². The van der Waals surface area contributed by atoms with Crippen LogP contribution in [0.2, 0.25) is 0 Å². The van der Waals surface area contributed by atoms with Crippen molar-refractivity contribution in [1.82, 2.24) is 4.57 Å². The van der Waals surface area contributed by atoms with Crippen LogP contribution in [0, 0.1) is 0 Å². The minimum atomic E-state index is -1.02. The summed E-state index contributed by atoms with van der Waals surface area (Å²) >= 11 is 0. The van der Waals surface area contributed by atoms with E-state index in [9.17, 15) is 2.74 Å². The average molecular weight is 779 g/mol. The highest BCUT2D eigenvalue weighted by molar-refractivity contribution is 6.14. The second kappa shape index (κ2) is 13.0. The molecule has 1 heterocycles. The van der Waals surface area contributed by atoms with Crippen molar-refractivity contribution in [2.75, 3.05) is 4.90 Å². The third-order valence-corrected chi connectivity index (χ3v) is 13.1. The maximum atomic E-state index is 9.69. The number of fused-ring (bicyclic) bond motifs is 12. The van der Waals surface area contributed by atoms with Gasteiger partial charge in [-0.05, 0) is 104 Å². The summed E-state index contributed by atoms with van der Waals surface area (Å²) in [4.78, 5) is 2.41. The van der Waals surface area contributed by atoms with Gasteiger partial charge < -0.3 is 9.47 Å². The zero-order valence-electron chi connectivity index (χ0n) is 37.0. The van der Waals surface area contributed by atoms with Crippen LogP contribution in [0.4, 0.5) is 17.1 Å². The monoisotopic (exact) mass is 778 g/mol. The molecular weight excluding hydrogens is 737 g/mol. The first-order valence-electron chi connectivity index (χ1n) is 22.9. The molecule has 0 N–H and O–H groups in total. The van der Waals surface area contributed by atoms with Gasteiger partial charge in [0.1, 0.15) is 0 Å². The summed E-state index contributed by atoms with van der Waals surface area (Å²) in [6, 6.07) is 72.4. The van der Waals surface area contributed by atoms with Crippen molar-refractivity contribution < 1.29 is 5.48 Å². The predicted molar refractivity (Wildman–Crippen MR) is 255 cm³/mol. The standard InChI is InChI=1S/C59H38N2/c1-3-18-39(19-4-1)42-22-10-15-32-54(42)61(41-34-36-57-49(38-41)46-26-11-16-33-55(46)60(57)40-20-5-2-6-21-40)56-37-35-53-58-47(27-17-28-48(56)58)45-25-9-14-31-52(45)59(53)50-29-12-7-23-43(50)44-24-8-13-30-51(44)59/h1-38H/i7D,12D,23D,29D.